The minimum Gasteiger partial charge on any atom is -0.481 e. The number of hydrogen-bond acceptors (Lipinski definition) is 3. The number of nitrogens with one attached hydrogen (secondary N) is 1. The van der Waals surface area contributed by atoms with Gasteiger partial charge in [0.2, 0.25) is 0 Å². The van der Waals surface area contributed by atoms with Crippen LogP contribution in [0.15, 0.2) is 29.1 Å². The zero-order valence-electron chi connectivity index (χ0n) is 9.14. The van der Waals surface area contributed by atoms with E-state index in [1.54, 1.807) is 0 Å². The van der Waals surface area contributed by atoms with Gasteiger partial charge in [0.25, 0.3) is 0 Å². The number of H-pyrrole nitrogens is 1. The van der Waals surface area contributed by atoms with Gasteiger partial charge in [-0.25, -0.2) is 4.79 Å². The molecule has 0 unspecified atom stereocenters. The summed E-state index contributed by atoms with van der Waals surface area (Å²) < 4.78 is 0. The fourth-order valence-corrected chi connectivity index (χ4v) is 1.69. The number of carbonyl (C=O) groups is 2. The predicted molar refractivity (Wildman–Crippen MR) is 62.9 cm³/mol. The number of carboxylic acid groups (broad SMARTS) is 2. The largest absolute Gasteiger partial charge is 0.481 e. The highest BCUT2D eigenvalue weighted by atomic mass is 16.4. The van der Waals surface area contributed by atoms with Crippen LogP contribution in [0.2, 0.25) is 0 Å². The van der Waals surface area contributed by atoms with E-state index in [4.69, 9.17) is 10.2 Å². The van der Waals surface area contributed by atoms with Crippen LogP contribution in [0.3, 0.4) is 0 Å². The van der Waals surface area contributed by atoms with Crippen molar-refractivity contribution in [1.82, 2.24) is 4.98 Å². The van der Waals surface area contributed by atoms with Crippen molar-refractivity contribution >= 4 is 22.8 Å². The number of aromatic carboxylic acids is 1. The number of aliphatic carboxylic acids is 1. The molecule has 1 heterocycles. The van der Waals surface area contributed by atoms with Crippen LogP contribution < -0.4 is 5.43 Å². The Hall–Kier alpha value is -2.63. The third-order valence-electron chi connectivity index (χ3n) is 2.48. The second-order valence-electron chi connectivity index (χ2n) is 3.80. The van der Waals surface area contributed by atoms with Crippen LogP contribution in [0, 0.1) is 0 Å². The van der Waals surface area contributed by atoms with E-state index in [1.165, 1.54) is 18.2 Å². The normalized spacial score (nSPS) is 10.4. The number of fused-ring (bicyclic) bond motifs is 1. The summed E-state index contributed by atoms with van der Waals surface area (Å²) >= 11 is 0. The van der Waals surface area contributed by atoms with Crippen molar-refractivity contribution in [3.8, 4) is 0 Å². The third-order valence-corrected chi connectivity index (χ3v) is 2.48. The highest BCUT2D eigenvalue weighted by Gasteiger charge is 2.09. The first kappa shape index (κ1) is 11.8. The van der Waals surface area contributed by atoms with Crippen molar-refractivity contribution in [3.05, 3.63) is 45.7 Å². The van der Waals surface area contributed by atoms with Crippen LogP contribution in [-0.2, 0) is 11.2 Å². The molecule has 6 heteroatoms. The number of pyridine rings is 1. The lowest BCUT2D eigenvalue weighted by atomic mass is 10.1. The Morgan fingerprint density at radius 3 is 2.50 bits per heavy atom. The van der Waals surface area contributed by atoms with Crippen LogP contribution in [-0.4, -0.2) is 27.1 Å². The second kappa shape index (κ2) is 4.33. The summed E-state index contributed by atoms with van der Waals surface area (Å²) in [6, 6.07) is 5.47. The zero-order chi connectivity index (χ0) is 13.3. The Balaban J connectivity index is 2.61. The van der Waals surface area contributed by atoms with Gasteiger partial charge in [0.1, 0.15) is 5.69 Å². The van der Waals surface area contributed by atoms with Crippen molar-refractivity contribution in [3.63, 3.8) is 0 Å². The van der Waals surface area contributed by atoms with Gasteiger partial charge in [-0.15, -0.1) is 0 Å². The highest BCUT2D eigenvalue weighted by molar-refractivity contribution is 5.90. The van der Waals surface area contributed by atoms with Gasteiger partial charge in [-0.05, 0) is 17.7 Å². The van der Waals surface area contributed by atoms with E-state index >= 15 is 0 Å². The average Bonchev–Trinajstić information content (AvgIpc) is 2.28. The molecular formula is C12H9NO5. The minimum absolute atomic E-state index is 0.184. The van der Waals surface area contributed by atoms with E-state index in [-0.39, 0.29) is 17.5 Å². The Morgan fingerprint density at radius 2 is 1.89 bits per heavy atom. The van der Waals surface area contributed by atoms with E-state index in [0.717, 1.165) is 6.07 Å². The van der Waals surface area contributed by atoms with E-state index in [1.807, 2.05) is 0 Å². The lowest BCUT2D eigenvalue weighted by Gasteiger charge is -2.02. The van der Waals surface area contributed by atoms with Crippen LogP contribution in [0.4, 0.5) is 0 Å². The summed E-state index contributed by atoms with van der Waals surface area (Å²) in [5, 5.41) is 17.7. The Labute approximate surface area is 101 Å². The summed E-state index contributed by atoms with van der Waals surface area (Å²) in [7, 11) is 0. The maximum absolute atomic E-state index is 11.7. The van der Waals surface area contributed by atoms with Gasteiger partial charge in [0, 0.05) is 17.0 Å². The quantitative estimate of drug-likeness (QED) is 0.745. The Bertz CT molecular complexity index is 701. The number of hydrogen-bond donors (Lipinski definition) is 3. The predicted octanol–water partition coefficient (Wildman–Crippen LogP) is 0.853. The first-order valence-corrected chi connectivity index (χ1v) is 5.08. The number of rotatable bonds is 3. The van der Waals surface area contributed by atoms with E-state index in [0.29, 0.717) is 11.1 Å². The first-order valence-electron chi connectivity index (χ1n) is 5.08. The zero-order valence-corrected chi connectivity index (χ0v) is 9.14. The lowest BCUT2D eigenvalue weighted by Crippen LogP contribution is -2.10. The smallest absolute Gasteiger partial charge is 0.352 e. The molecule has 18 heavy (non-hydrogen) atoms. The van der Waals surface area contributed by atoms with Gasteiger partial charge in [-0.3, -0.25) is 9.59 Å². The molecule has 3 N–H and O–H groups in total. The molecule has 2 aromatic rings. The molecule has 1 aromatic heterocycles. The fraction of sp³-hybridized carbons (Fsp3) is 0.0833. The fourth-order valence-electron chi connectivity index (χ4n) is 1.69. The molecule has 0 bridgehead atoms. The molecule has 6 nitrogen and oxygen atoms in total. The summed E-state index contributed by atoms with van der Waals surface area (Å²) in [5.41, 5.74) is 0.212. The van der Waals surface area contributed by atoms with Crippen LogP contribution >= 0.6 is 0 Å². The minimum atomic E-state index is -1.22. The van der Waals surface area contributed by atoms with Gasteiger partial charge in [-0.1, -0.05) is 6.07 Å². The molecule has 0 amide bonds. The molecule has 0 saturated carbocycles. The molecule has 2 rings (SSSR count). The molecule has 92 valence electrons. The van der Waals surface area contributed by atoms with Crippen molar-refractivity contribution in [2.24, 2.45) is 0 Å². The summed E-state index contributed by atoms with van der Waals surface area (Å²) in [6.07, 6.45) is -0.184. The van der Waals surface area contributed by atoms with Crippen LogP contribution in [0.1, 0.15) is 16.1 Å². The number of carboxylic acids is 2. The molecule has 0 fully saturated rings. The van der Waals surface area contributed by atoms with Crippen molar-refractivity contribution < 1.29 is 19.8 Å². The monoisotopic (exact) mass is 247 g/mol. The highest BCUT2D eigenvalue weighted by Crippen LogP contribution is 2.12. The maximum Gasteiger partial charge on any atom is 0.352 e. The van der Waals surface area contributed by atoms with Crippen LogP contribution in [0.5, 0.6) is 0 Å². The third kappa shape index (κ3) is 2.22. The molecule has 0 saturated heterocycles. The molecule has 0 spiro atoms. The topological polar surface area (TPSA) is 107 Å². The van der Waals surface area contributed by atoms with E-state index < -0.39 is 17.4 Å². The van der Waals surface area contributed by atoms with Crippen molar-refractivity contribution in [2.45, 2.75) is 6.42 Å². The summed E-state index contributed by atoms with van der Waals surface area (Å²) in [6.45, 7) is 0. The van der Waals surface area contributed by atoms with Crippen LogP contribution in [0.25, 0.3) is 10.9 Å². The number of aromatic nitrogens is 1. The standard InChI is InChI=1S/C12H9NO5/c14-10-5-9(12(17)18)13-8-2-1-6(3-7(8)10)4-11(15)16/h1-3,5H,4H2,(H,13,14)(H,15,16)(H,17,18). The van der Waals surface area contributed by atoms with Crippen molar-refractivity contribution in [1.29, 1.82) is 0 Å². The molecular weight excluding hydrogens is 238 g/mol. The number of benzene rings is 1. The Morgan fingerprint density at radius 1 is 1.17 bits per heavy atom. The average molecular weight is 247 g/mol. The molecule has 0 radical (unpaired) electrons. The molecule has 1 aromatic carbocycles. The molecule has 0 aliphatic rings. The SMILES string of the molecule is O=C(O)Cc1ccc2[nH]c(C(=O)O)cc(=O)c2c1. The van der Waals surface area contributed by atoms with Crippen molar-refractivity contribution in [2.75, 3.05) is 0 Å². The van der Waals surface area contributed by atoms with E-state index in [2.05, 4.69) is 4.98 Å². The van der Waals surface area contributed by atoms with Gasteiger partial charge >= 0.3 is 11.9 Å². The maximum atomic E-state index is 11.7. The lowest BCUT2D eigenvalue weighted by molar-refractivity contribution is -0.136. The molecule has 0 aliphatic carbocycles. The van der Waals surface area contributed by atoms with E-state index in [9.17, 15) is 14.4 Å². The first-order chi connectivity index (χ1) is 8.47. The van der Waals surface area contributed by atoms with Gasteiger partial charge in [0.15, 0.2) is 5.43 Å². The second-order valence-corrected chi connectivity index (χ2v) is 3.80. The van der Waals surface area contributed by atoms with Gasteiger partial charge < -0.3 is 15.2 Å². The summed E-state index contributed by atoms with van der Waals surface area (Å²) in [5.74, 6) is -2.21. The van der Waals surface area contributed by atoms with Gasteiger partial charge in [0.05, 0.1) is 6.42 Å². The molecule has 0 aliphatic heterocycles. The Kier molecular flexibility index (Phi) is 2.85. The summed E-state index contributed by atoms with van der Waals surface area (Å²) in [4.78, 5) is 35.6. The number of aromatic amines is 1. The molecule has 0 atom stereocenters. The van der Waals surface area contributed by atoms with Gasteiger partial charge in [-0.2, -0.15) is 0 Å².